The number of ether oxygens (including phenoxy) is 1. The van der Waals surface area contributed by atoms with Crippen LogP contribution in [-0.2, 0) is 16.1 Å². The number of aliphatic hydroxyl groups is 1. The number of aromatic nitrogens is 1. The highest BCUT2D eigenvalue weighted by atomic mass is 16.5. The molecule has 0 fully saturated rings. The molecule has 0 aliphatic rings. The lowest BCUT2D eigenvalue weighted by Gasteiger charge is -2.12. The number of benzene rings is 1. The van der Waals surface area contributed by atoms with Gasteiger partial charge in [-0.05, 0) is 24.4 Å². The highest BCUT2D eigenvalue weighted by Gasteiger charge is 2.10. The zero-order chi connectivity index (χ0) is 14.5. The summed E-state index contributed by atoms with van der Waals surface area (Å²) in [6.45, 7) is 2.64. The average molecular weight is 276 g/mol. The Morgan fingerprint density at radius 2 is 2.20 bits per heavy atom. The van der Waals surface area contributed by atoms with Crippen LogP contribution in [-0.4, -0.2) is 41.9 Å². The van der Waals surface area contributed by atoms with E-state index in [1.807, 2.05) is 35.8 Å². The lowest BCUT2D eigenvalue weighted by molar-refractivity contribution is -0.122. The average Bonchev–Trinajstić information content (AvgIpc) is 2.73. The van der Waals surface area contributed by atoms with Crippen LogP contribution in [0.3, 0.4) is 0 Å². The van der Waals surface area contributed by atoms with E-state index in [0.717, 1.165) is 16.6 Å². The molecule has 1 amide bonds. The fourth-order valence-corrected chi connectivity index (χ4v) is 2.24. The molecule has 5 nitrogen and oxygen atoms in total. The monoisotopic (exact) mass is 276 g/mol. The van der Waals surface area contributed by atoms with Crippen molar-refractivity contribution in [2.24, 2.45) is 0 Å². The van der Waals surface area contributed by atoms with Crippen molar-refractivity contribution in [1.82, 2.24) is 9.88 Å². The van der Waals surface area contributed by atoms with Crippen molar-refractivity contribution in [3.63, 3.8) is 0 Å². The van der Waals surface area contributed by atoms with Gasteiger partial charge in [0.2, 0.25) is 5.91 Å². The minimum atomic E-state index is -0.675. The Bertz CT molecular complexity index is 592. The largest absolute Gasteiger partial charge is 0.389 e. The van der Waals surface area contributed by atoms with Crippen LogP contribution in [0.25, 0.3) is 10.9 Å². The predicted molar refractivity (Wildman–Crippen MR) is 77.6 cm³/mol. The number of para-hydroxylation sites is 1. The van der Waals surface area contributed by atoms with Crippen molar-refractivity contribution in [2.75, 3.05) is 20.3 Å². The molecule has 2 N–H and O–H groups in total. The first-order chi connectivity index (χ1) is 9.61. The molecule has 108 valence electrons. The zero-order valence-electron chi connectivity index (χ0n) is 11.8. The van der Waals surface area contributed by atoms with Gasteiger partial charge in [-0.2, -0.15) is 0 Å². The summed E-state index contributed by atoms with van der Waals surface area (Å²) in [5.74, 6) is -0.121. The summed E-state index contributed by atoms with van der Waals surface area (Å²) >= 11 is 0. The minimum absolute atomic E-state index is 0.121. The second kappa shape index (κ2) is 6.54. The summed E-state index contributed by atoms with van der Waals surface area (Å²) < 4.78 is 6.78. The van der Waals surface area contributed by atoms with Gasteiger partial charge in [-0.3, -0.25) is 4.79 Å². The molecule has 1 aromatic heterocycles. The Kier molecular flexibility index (Phi) is 4.76. The Hall–Kier alpha value is -1.85. The lowest BCUT2D eigenvalue weighted by Crippen LogP contribution is -2.36. The fourth-order valence-electron chi connectivity index (χ4n) is 2.24. The van der Waals surface area contributed by atoms with Crippen molar-refractivity contribution in [3.8, 4) is 0 Å². The number of rotatable bonds is 6. The van der Waals surface area contributed by atoms with Crippen LogP contribution in [0.2, 0.25) is 0 Å². The van der Waals surface area contributed by atoms with Crippen molar-refractivity contribution in [1.29, 1.82) is 0 Å². The molecule has 0 aliphatic carbocycles. The summed E-state index contributed by atoms with van der Waals surface area (Å²) in [6, 6.07) is 10.0. The molecule has 1 heterocycles. The van der Waals surface area contributed by atoms with Crippen LogP contribution >= 0.6 is 0 Å². The Labute approximate surface area is 118 Å². The van der Waals surface area contributed by atoms with Gasteiger partial charge >= 0.3 is 0 Å². The molecule has 0 bridgehead atoms. The zero-order valence-corrected chi connectivity index (χ0v) is 11.8. The summed E-state index contributed by atoms with van der Waals surface area (Å²) in [7, 11) is 1.51. The summed E-state index contributed by atoms with van der Waals surface area (Å²) in [5, 5.41) is 13.3. The quantitative estimate of drug-likeness (QED) is 0.829. The summed E-state index contributed by atoms with van der Waals surface area (Å²) in [4.78, 5) is 11.9. The van der Waals surface area contributed by atoms with Gasteiger partial charge in [0.05, 0.1) is 12.7 Å². The number of carbonyl (C=O) groups is 1. The van der Waals surface area contributed by atoms with Gasteiger partial charge in [0, 0.05) is 24.9 Å². The first kappa shape index (κ1) is 14.6. The predicted octanol–water partition coefficient (Wildman–Crippen LogP) is 1.07. The first-order valence-corrected chi connectivity index (χ1v) is 6.60. The minimum Gasteiger partial charge on any atom is -0.389 e. The third kappa shape index (κ3) is 3.37. The van der Waals surface area contributed by atoms with Crippen LogP contribution in [0.5, 0.6) is 0 Å². The number of fused-ring (bicyclic) bond motifs is 1. The fraction of sp³-hybridized carbons (Fsp3) is 0.400. The van der Waals surface area contributed by atoms with E-state index < -0.39 is 6.10 Å². The molecule has 0 spiro atoms. The molecule has 1 atom stereocenters. The van der Waals surface area contributed by atoms with Crippen LogP contribution in [0, 0.1) is 6.92 Å². The van der Waals surface area contributed by atoms with Gasteiger partial charge in [0.25, 0.3) is 0 Å². The molecule has 1 unspecified atom stereocenters. The van der Waals surface area contributed by atoms with E-state index in [-0.39, 0.29) is 25.6 Å². The second-order valence-electron chi connectivity index (χ2n) is 4.84. The van der Waals surface area contributed by atoms with E-state index in [1.54, 1.807) is 0 Å². The molecule has 20 heavy (non-hydrogen) atoms. The molecule has 1 aromatic carbocycles. The number of methoxy groups -OCH3 is 1. The van der Waals surface area contributed by atoms with Crippen molar-refractivity contribution < 1.29 is 14.6 Å². The van der Waals surface area contributed by atoms with Gasteiger partial charge in [-0.25, -0.2) is 0 Å². The van der Waals surface area contributed by atoms with Gasteiger partial charge in [0.15, 0.2) is 0 Å². The molecule has 0 aliphatic heterocycles. The SMILES string of the molecule is COCC(O)CNC(=O)Cn1c(C)cc2ccccc21. The third-order valence-corrected chi connectivity index (χ3v) is 3.21. The van der Waals surface area contributed by atoms with E-state index >= 15 is 0 Å². The van der Waals surface area contributed by atoms with Crippen molar-refractivity contribution in [2.45, 2.75) is 19.6 Å². The number of nitrogens with one attached hydrogen (secondary N) is 1. The van der Waals surface area contributed by atoms with Gasteiger partial charge in [0.1, 0.15) is 6.54 Å². The summed E-state index contributed by atoms with van der Waals surface area (Å²) in [5.41, 5.74) is 2.08. The second-order valence-corrected chi connectivity index (χ2v) is 4.84. The smallest absolute Gasteiger partial charge is 0.240 e. The number of aryl methyl sites for hydroxylation is 1. The number of amides is 1. The van der Waals surface area contributed by atoms with Crippen molar-refractivity contribution >= 4 is 16.8 Å². The lowest BCUT2D eigenvalue weighted by atomic mass is 10.2. The molecule has 2 rings (SSSR count). The maximum absolute atomic E-state index is 11.9. The standard InChI is InChI=1S/C15H20N2O3/c1-11-7-12-5-3-4-6-14(12)17(11)9-15(19)16-8-13(18)10-20-2/h3-7,13,18H,8-10H2,1-2H3,(H,16,19). The highest BCUT2D eigenvalue weighted by molar-refractivity contribution is 5.84. The van der Waals surface area contributed by atoms with Crippen LogP contribution in [0.15, 0.2) is 30.3 Å². The molecule has 2 aromatic rings. The van der Waals surface area contributed by atoms with Gasteiger partial charge in [-0.15, -0.1) is 0 Å². The van der Waals surface area contributed by atoms with Gasteiger partial charge in [-0.1, -0.05) is 18.2 Å². The number of nitrogens with zero attached hydrogens (tertiary/aromatic N) is 1. The Morgan fingerprint density at radius 1 is 1.45 bits per heavy atom. The van der Waals surface area contributed by atoms with Crippen LogP contribution in [0.4, 0.5) is 0 Å². The Morgan fingerprint density at radius 3 is 2.95 bits per heavy atom. The van der Waals surface area contributed by atoms with E-state index in [2.05, 4.69) is 11.4 Å². The molecule has 0 saturated heterocycles. The number of carbonyl (C=O) groups excluding carboxylic acids is 1. The van der Waals surface area contributed by atoms with Crippen LogP contribution < -0.4 is 5.32 Å². The van der Waals surface area contributed by atoms with Crippen molar-refractivity contribution in [3.05, 3.63) is 36.0 Å². The third-order valence-electron chi connectivity index (χ3n) is 3.21. The normalized spacial score (nSPS) is 12.6. The Balaban J connectivity index is 2.01. The topological polar surface area (TPSA) is 63.5 Å². The molecular formula is C15H20N2O3. The number of aliphatic hydroxyl groups excluding tert-OH is 1. The maximum atomic E-state index is 11.9. The molecule has 0 saturated carbocycles. The maximum Gasteiger partial charge on any atom is 0.240 e. The molecule has 0 radical (unpaired) electrons. The summed E-state index contributed by atoms with van der Waals surface area (Å²) in [6.07, 6.45) is -0.675. The van der Waals surface area contributed by atoms with E-state index in [0.29, 0.717) is 0 Å². The van der Waals surface area contributed by atoms with Crippen LogP contribution in [0.1, 0.15) is 5.69 Å². The number of hydrogen-bond donors (Lipinski definition) is 2. The molecular weight excluding hydrogens is 256 g/mol. The van der Waals surface area contributed by atoms with E-state index in [4.69, 9.17) is 4.74 Å². The van der Waals surface area contributed by atoms with Gasteiger partial charge < -0.3 is 19.7 Å². The molecule has 5 heteroatoms. The number of hydrogen-bond acceptors (Lipinski definition) is 3. The highest BCUT2D eigenvalue weighted by Crippen LogP contribution is 2.18. The first-order valence-electron chi connectivity index (χ1n) is 6.60. The van der Waals surface area contributed by atoms with E-state index in [9.17, 15) is 9.90 Å². The van der Waals surface area contributed by atoms with E-state index in [1.165, 1.54) is 7.11 Å².